The van der Waals surface area contributed by atoms with Gasteiger partial charge in [0, 0.05) is 6.20 Å². The highest BCUT2D eigenvalue weighted by atomic mass is 16.5. The molecule has 0 radical (unpaired) electrons. The maximum Gasteiger partial charge on any atom is 0.328 e. The highest BCUT2D eigenvalue weighted by Gasteiger charge is 2.13. The first-order valence-corrected chi connectivity index (χ1v) is 4.96. The number of esters is 1. The zero-order valence-electron chi connectivity index (χ0n) is 9.48. The van der Waals surface area contributed by atoms with Gasteiger partial charge in [0.1, 0.15) is 6.54 Å². The van der Waals surface area contributed by atoms with E-state index in [2.05, 4.69) is 9.72 Å². The molecule has 0 unspecified atom stereocenters. The van der Waals surface area contributed by atoms with Gasteiger partial charge in [0.2, 0.25) is 0 Å². The minimum atomic E-state index is -0.797. The van der Waals surface area contributed by atoms with Crippen LogP contribution in [0.3, 0.4) is 0 Å². The molecule has 0 saturated heterocycles. The van der Waals surface area contributed by atoms with E-state index in [1.807, 2.05) is 0 Å². The number of ketones is 1. The lowest BCUT2D eigenvalue weighted by atomic mass is 10.2. The topological polar surface area (TPSA) is 98.2 Å². The zero-order chi connectivity index (χ0) is 13.0. The van der Waals surface area contributed by atoms with Crippen molar-refractivity contribution in [3.05, 3.63) is 32.6 Å². The van der Waals surface area contributed by atoms with Crippen molar-refractivity contribution in [1.29, 1.82) is 0 Å². The van der Waals surface area contributed by atoms with E-state index in [4.69, 9.17) is 0 Å². The van der Waals surface area contributed by atoms with Gasteiger partial charge >= 0.3 is 11.7 Å². The van der Waals surface area contributed by atoms with Crippen LogP contribution in [0, 0.1) is 0 Å². The fourth-order valence-electron chi connectivity index (χ4n) is 1.24. The van der Waals surface area contributed by atoms with Crippen molar-refractivity contribution < 1.29 is 14.3 Å². The van der Waals surface area contributed by atoms with Crippen LogP contribution in [0.1, 0.15) is 24.2 Å². The molecule has 7 heteroatoms. The Labute approximate surface area is 96.0 Å². The molecular formula is C10H12N2O5. The molecule has 0 aliphatic carbocycles. The molecule has 17 heavy (non-hydrogen) atoms. The Hall–Kier alpha value is -2.18. The van der Waals surface area contributed by atoms with Gasteiger partial charge in [-0.15, -0.1) is 0 Å². The number of hydrogen-bond donors (Lipinski definition) is 1. The minimum absolute atomic E-state index is 0.151. The molecule has 0 aromatic carbocycles. The molecular weight excluding hydrogens is 228 g/mol. The summed E-state index contributed by atoms with van der Waals surface area (Å²) < 4.78 is 5.25. The van der Waals surface area contributed by atoms with Gasteiger partial charge < -0.3 is 9.72 Å². The third-order valence-corrected chi connectivity index (χ3v) is 2.03. The molecule has 0 amide bonds. The lowest BCUT2D eigenvalue weighted by molar-refractivity contribution is -0.143. The second-order valence-electron chi connectivity index (χ2n) is 3.26. The third kappa shape index (κ3) is 2.90. The number of Topliss-reactive ketones (excluding diaryl/α,β-unsaturated/α-hetero) is 1. The summed E-state index contributed by atoms with van der Waals surface area (Å²) in [5.74, 6) is -1.19. The summed E-state index contributed by atoms with van der Waals surface area (Å²) in [6, 6.07) is 0. The Balaban J connectivity index is 3.19. The molecule has 92 valence electrons. The van der Waals surface area contributed by atoms with Gasteiger partial charge in [-0.25, -0.2) is 9.36 Å². The molecule has 1 rings (SSSR count). The first kappa shape index (κ1) is 12.9. The molecule has 7 nitrogen and oxygen atoms in total. The average molecular weight is 240 g/mol. The summed E-state index contributed by atoms with van der Waals surface area (Å²) in [4.78, 5) is 47.5. The highest BCUT2D eigenvalue weighted by Crippen LogP contribution is 1.88. The largest absolute Gasteiger partial charge is 0.465 e. The second kappa shape index (κ2) is 5.24. The maximum absolute atomic E-state index is 11.7. The fourth-order valence-corrected chi connectivity index (χ4v) is 1.24. The van der Waals surface area contributed by atoms with E-state index < -0.39 is 29.5 Å². The maximum atomic E-state index is 11.7. The van der Waals surface area contributed by atoms with Gasteiger partial charge in [0.05, 0.1) is 12.2 Å². The normalized spacial score (nSPS) is 10.0. The Morgan fingerprint density at radius 2 is 2.06 bits per heavy atom. The number of carbonyl (C=O) groups excluding carboxylic acids is 2. The molecule has 1 aromatic rings. The fraction of sp³-hybridized carbons (Fsp3) is 0.400. The highest BCUT2D eigenvalue weighted by molar-refractivity contribution is 5.93. The summed E-state index contributed by atoms with van der Waals surface area (Å²) in [5, 5.41) is 0. The second-order valence-corrected chi connectivity index (χ2v) is 3.26. The van der Waals surface area contributed by atoms with Crippen molar-refractivity contribution >= 4 is 11.8 Å². The summed E-state index contributed by atoms with van der Waals surface area (Å²) >= 11 is 0. The van der Waals surface area contributed by atoms with E-state index in [9.17, 15) is 19.2 Å². The molecule has 0 fully saturated rings. The van der Waals surface area contributed by atoms with Crippen LogP contribution in [0.4, 0.5) is 0 Å². The number of hydrogen-bond acceptors (Lipinski definition) is 5. The van der Waals surface area contributed by atoms with Gasteiger partial charge in [0.25, 0.3) is 5.56 Å². The molecule has 0 atom stereocenters. The number of nitrogens with zero attached hydrogens (tertiary/aromatic N) is 1. The van der Waals surface area contributed by atoms with Gasteiger partial charge in [-0.3, -0.25) is 14.4 Å². The molecule has 1 aromatic heterocycles. The Morgan fingerprint density at radius 3 is 2.59 bits per heavy atom. The standard InChI is InChI=1S/C10H12N2O5/c1-3-17-8(14)5-12-9(15)7(6(2)13)4-11-10(12)16/h4H,3,5H2,1-2H3,(H,11,16). The van der Waals surface area contributed by atoms with E-state index in [1.165, 1.54) is 6.92 Å². The van der Waals surface area contributed by atoms with Crippen LogP contribution in [0.25, 0.3) is 0 Å². The summed E-state index contributed by atoms with van der Waals surface area (Å²) in [6.45, 7) is 2.45. The Morgan fingerprint density at radius 1 is 1.41 bits per heavy atom. The monoisotopic (exact) mass is 240 g/mol. The van der Waals surface area contributed by atoms with E-state index in [0.717, 1.165) is 6.20 Å². The number of aromatic amines is 1. The quantitative estimate of drug-likeness (QED) is 0.554. The lowest BCUT2D eigenvalue weighted by Gasteiger charge is -2.05. The average Bonchev–Trinajstić information content (AvgIpc) is 2.24. The van der Waals surface area contributed by atoms with Crippen LogP contribution in [0.5, 0.6) is 0 Å². The van der Waals surface area contributed by atoms with Crippen LogP contribution >= 0.6 is 0 Å². The molecule has 1 N–H and O–H groups in total. The third-order valence-electron chi connectivity index (χ3n) is 2.03. The SMILES string of the molecule is CCOC(=O)Cn1c(=O)[nH]cc(C(C)=O)c1=O. The van der Waals surface area contributed by atoms with Crippen molar-refractivity contribution in [2.24, 2.45) is 0 Å². The first-order chi connectivity index (χ1) is 7.97. The van der Waals surface area contributed by atoms with E-state index in [0.29, 0.717) is 4.57 Å². The number of H-pyrrole nitrogens is 1. The minimum Gasteiger partial charge on any atom is -0.465 e. The lowest BCUT2D eigenvalue weighted by Crippen LogP contribution is -2.40. The number of aromatic nitrogens is 2. The molecule has 0 aliphatic heterocycles. The van der Waals surface area contributed by atoms with Gasteiger partial charge in [-0.05, 0) is 13.8 Å². The van der Waals surface area contributed by atoms with Crippen molar-refractivity contribution in [2.75, 3.05) is 6.61 Å². The van der Waals surface area contributed by atoms with Crippen molar-refractivity contribution in [1.82, 2.24) is 9.55 Å². The van der Waals surface area contributed by atoms with E-state index in [-0.39, 0.29) is 12.2 Å². The van der Waals surface area contributed by atoms with Crippen LogP contribution in [0.2, 0.25) is 0 Å². The smallest absolute Gasteiger partial charge is 0.328 e. The van der Waals surface area contributed by atoms with Gasteiger partial charge in [-0.1, -0.05) is 0 Å². The molecule has 0 bridgehead atoms. The van der Waals surface area contributed by atoms with Crippen LogP contribution in [-0.4, -0.2) is 27.9 Å². The molecule has 1 heterocycles. The van der Waals surface area contributed by atoms with Crippen molar-refractivity contribution in [3.63, 3.8) is 0 Å². The Kier molecular flexibility index (Phi) is 3.97. The van der Waals surface area contributed by atoms with Crippen LogP contribution < -0.4 is 11.2 Å². The number of rotatable bonds is 4. The number of carbonyl (C=O) groups is 2. The number of nitrogens with one attached hydrogen (secondary N) is 1. The predicted molar refractivity (Wildman–Crippen MR) is 58.0 cm³/mol. The summed E-state index contributed by atoms with van der Waals surface area (Å²) in [5.41, 5.74) is -1.73. The van der Waals surface area contributed by atoms with Crippen molar-refractivity contribution in [2.45, 2.75) is 20.4 Å². The molecule has 0 aliphatic rings. The molecule has 0 spiro atoms. The van der Waals surface area contributed by atoms with Gasteiger partial charge in [0.15, 0.2) is 5.78 Å². The predicted octanol–water partition coefficient (Wildman–Crippen LogP) is -0.698. The zero-order valence-corrected chi connectivity index (χ0v) is 9.48. The number of ether oxygens (including phenoxy) is 1. The first-order valence-electron chi connectivity index (χ1n) is 4.96. The van der Waals surface area contributed by atoms with Gasteiger partial charge in [-0.2, -0.15) is 0 Å². The van der Waals surface area contributed by atoms with E-state index in [1.54, 1.807) is 6.92 Å². The van der Waals surface area contributed by atoms with Crippen LogP contribution in [-0.2, 0) is 16.1 Å². The summed E-state index contributed by atoms with van der Waals surface area (Å²) in [6.07, 6.45) is 1.04. The molecule has 0 saturated carbocycles. The van der Waals surface area contributed by atoms with Crippen molar-refractivity contribution in [3.8, 4) is 0 Å². The Bertz CT molecular complexity index is 555. The van der Waals surface area contributed by atoms with Crippen LogP contribution in [0.15, 0.2) is 15.8 Å². The summed E-state index contributed by atoms with van der Waals surface area (Å²) in [7, 11) is 0. The van der Waals surface area contributed by atoms with E-state index >= 15 is 0 Å².